The average Bonchev–Trinajstić information content (AvgIpc) is 2.07. The van der Waals surface area contributed by atoms with Crippen LogP contribution in [0.1, 0.15) is 46.0 Å². The van der Waals surface area contributed by atoms with Crippen molar-refractivity contribution in [1.82, 2.24) is 0 Å². The third kappa shape index (κ3) is 4.20. The number of rotatable bonds is 1. The lowest BCUT2D eigenvalue weighted by atomic mass is 9.84. The van der Waals surface area contributed by atoms with E-state index in [1.165, 1.54) is 6.92 Å². The molecule has 2 heteroatoms. The number of halogens is 1. The fraction of sp³-hybridized carbons (Fsp3) is 0.727. The number of carbonyl (C=O) groups is 1. The predicted molar refractivity (Wildman–Crippen MR) is 53.5 cm³/mol. The highest BCUT2D eigenvalue weighted by Gasteiger charge is 2.36. The van der Waals surface area contributed by atoms with Crippen LogP contribution in [0.15, 0.2) is 12.7 Å². The maximum Gasteiger partial charge on any atom is 0.168 e. The average molecular weight is 186 g/mol. The molecule has 0 aliphatic heterocycles. The van der Waals surface area contributed by atoms with Crippen molar-refractivity contribution in [2.45, 2.75) is 51.6 Å². The second-order valence-electron chi connectivity index (χ2n) is 3.49. The van der Waals surface area contributed by atoms with Crippen molar-refractivity contribution in [3.8, 4) is 0 Å². The molecular weight excluding hydrogens is 167 g/mol. The number of hydrogen-bond donors (Lipinski definition) is 0. The third-order valence-electron chi connectivity index (χ3n) is 2.28. The highest BCUT2D eigenvalue weighted by molar-refractivity contribution is 5.84. The normalized spacial score (nSPS) is 19.6. The van der Waals surface area contributed by atoms with E-state index in [2.05, 4.69) is 6.58 Å². The lowest BCUT2D eigenvalue weighted by Crippen LogP contribution is -2.33. The van der Waals surface area contributed by atoms with Gasteiger partial charge < -0.3 is 0 Å². The maximum absolute atomic E-state index is 13.3. The Bertz CT molecular complexity index is 169. The second kappa shape index (κ2) is 5.90. The number of hydrogen-bond acceptors (Lipinski definition) is 1. The number of Topliss-reactive ketones (excluding diaryl/α,β-unsaturated/α-hetero) is 1. The molecule has 76 valence electrons. The third-order valence-corrected chi connectivity index (χ3v) is 2.28. The summed E-state index contributed by atoms with van der Waals surface area (Å²) in [6.07, 6.45) is 5.47. The standard InChI is InChI=1S/C8H13FO.C3H6/c1-7(10)8(9)5-3-2-4-6-8;1-3-2/h2-6H2,1H3;3H,1H2,2H3. The second-order valence-corrected chi connectivity index (χ2v) is 3.49. The summed E-state index contributed by atoms with van der Waals surface area (Å²) in [4.78, 5) is 10.7. The van der Waals surface area contributed by atoms with E-state index in [1.54, 1.807) is 6.08 Å². The van der Waals surface area contributed by atoms with Crippen LogP contribution in [0.4, 0.5) is 4.39 Å². The van der Waals surface area contributed by atoms with Crippen LogP contribution >= 0.6 is 0 Å². The van der Waals surface area contributed by atoms with Gasteiger partial charge in [-0.15, -0.1) is 6.58 Å². The molecule has 0 aromatic heterocycles. The number of alkyl halides is 1. The molecule has 1 saturated carbocycles. The van der Waals surface area contributed by atoms with Gasteiger partial charge in [0, 0.05) is 0 Å². The molecule has 1 aliphatic carbocycles. The molecule has 13 heavy (non-hydrogen) atoms. The van der Waals surface area contributed by atoms with E-state index in [9.17, 15) is 9.18 Å². The minimum atomic E-state index is -1.46. The van der Waals surface area contributed by atoms with Crippen LogP contribution in [0.5, 0.6) is 0 Å². The molecule has 0 N–H and O–H groups in total. The van der Waals surface area contributed by atoms with Crippen molar-refractivity contribution in [2.75, 3.05) is 0 Å². The van der Waals surface area contributed by atoms with Gasteiger partial charge in [-0.2, -0.15) is 0 Å². The van der Waals surface area contributed by atoms with Crippen molar-refractivity contribution in [3.05, 3.63) is 12.7 Å². The summed E-state index contributed by atoms with van der Waals surface area (Å²) in [5.41, 5.74) is -1.46. The van der Waals surface area contributed by atoms with Gasteiger partial charge in [0.25, 0.3) is 0 Å². The quantitative estimate of drug-likeness (QED) is 0.573. The monoisotopic (exact) mass is 186 g/mol. The van der Waals surface area contributed by atoms with Crippen molar-refractivity contribution in [1.29, 1.82) is 0 Å². The molecule has 0 aromatic rings. The summed E-state index contributed by atoms with van der Waals surface area (Å²) in [5, 5.41) is 0. The summed E-state index contributed by atoms with van der Waals surface area (Å²) >= 11 is 0. The summed E-state index contributed by atoms with van der Waals surface area (Å²) in [6, 6.07) is 0. The van der Waals surface area contributed by atoms with Crippen molar-refractivity contribution in [3.63, 3.8) is 0 Å². The number of carbonyl (C=O) groups excluding carboxylic acids is 1. The van der Waals surface area contributed by atoms with Crippen LogP contribution in [0.25, 0.3) is 0 Å². The molecule has 0 bridgehead atoms. The van der Waals surface area contributed by atoms with Gasteiger partial charge in [0.15, 0.2) is 11.5 Å². The van der Waals surface area contributed by atoms with Crippen LogP contribution in [-0.2, 0) is 4.79 Å². The van der Waals surface area contributed by atoms with Crippen LogP contribution in [0.3, 0.4) is 0 Å². The van der Waals surface area contributed by atoms with Crippen LogP contribution in [0.2, 0.25) is 0 Å². The Kier molecular flexibility index (Phi) is 5.60. The summed E-state index contributed by atoms with van der Waals surface area (Å²) in [6.45, 7) is 6.60. The van der Waals surface area contributed by atoms with Gasteiger partial charge in [0.1, 0.15) is 0 Å². The van der Waals surface area contributed by atoms with Crippen LogP contribution < -0.4 is 0 Å². The Labute approximate surface area is 80.0 Å². The Balaban J connectivity index is 0.000000424. The van der Waals surface area contributed by atoms with E-state index in [4.69, 9.17) is 0 Å². The van der Waals surface area contributed by atoms with Crippen molar-refractivity contribution < 1.29 is 9.18 Å². The van der Waals surface area contributed by atoms with Crippen molar-refractivity contribution in [2.24, 2.45) is 0 Å². The van der Waals surface area contributed by atoms with Gasteiger partial charge >= 0.3 is 0 Å². The van der Waals surface area contributed by atoms with Gasteiger partial charge in [0.2, 0.25) is 0 Å². The Morgan fingerprint density at radius 2 is 1.77 bits per heavy atom. The predicted octanol–water partition coefficient (Wildman–Crippen LogP) is 3.44. The molecule has 0 atom stereocenters. The molecule has 1 rings (SSSR count). The smallest absolute Gasteiger partial charge is 0.168 e. The Morgan fingerprint density at radius 1 is 1.38 bits per heavy atom. The molecular formula is C11H19FO. The first-order chi connectivity index (χ1) is 6.06. The molecule has 0 aromatic carbocycles. The van der Waals surface area contributed by atoms with Crippen LogP contribution in [-0.4, -0.2) is 11.5 Å². The molecule has 0 radical (unpaired) electrons. The first kappa shape index (κ1) is 12.3. The highest BCUT2D eigenvalue weighted by atomic mass is 19.1. The zero-order valence-electron chi connectivity index (χ0n) is 8.61. The number of allylic oxidation sites excluding steroid dienone is 1. The molecule has 1 nitrogen and oxygen atoms in total. The topological polar surface area (TPSA) is 17.1 Å². The maximum atomic E-state index is 13.3. The first-order valence-electron chi connectivity index (χ1n) is 4.84. The zero-order valence-corrected chi connectivity index (χ0v) is 8.61. The van der Waals surface area contributed by atoms with Gasteiger partial charge in [-0.1, -0.05) is 12.5 Å². The van der Waals surface area contributed by atoms with Gasteiger partial charge in [-0.25, -0.2) is 4.39 Å². The van der Waals surface area contributed by atoms with E-state index in [-0.39, 0.29) is 5.78 Å². The minimum Gasteiger partial charge on any atom is -0.296 e. The fourth-order valence-electron chi connectivity index (χ4n) is 1.46. The van der Waals surface area contributed by atoms with E-state index in [1.807, 2.05) is 6.92 Å². The largest absolute Gasteiger partial charge is 0.296 e. The lowest BCUT2D eigenvalue weighted by Gasteiger charge is -2.26. The van der Waals surface area contributed by atoms with Gasteiger partial charge in [0.05, 0.1) is 0 Å². The highest BCUT2D eigenvalue weighted by Crippen LogP contribution is 2.32. The Hall–Kier alpha value is -0.660. The van der Waals surface area contributed by atoms with Gasteiger partial charge in [-0.05, 0) is 39.5 Å². The molecule has 1 aliphatic rings. The summed E-state index contributed by atoms with van der Waals surface area (Å²) < 4.78 is 13.3. The van der Waals surface area contributed by atoms with Gasteiger partial charge in [-0.3, -0.25) is 4.79 Å². The first-order valence-corrected chi connectivity index (χ1v) is 4.84. The van der Waals surface area contributed by atoms with Crippen molar-refractivity contribution >= 4 is 5.78 Å². The number of ketones is 1. The SMILES string of the molecule is C=CC.CC(=O)C1(F)CCCCC1. The molecule has 0 heterocycles. The van der Waals surface area contributed by atoms with E-state index >= 15 is 0 Å². The molecule has 0 spiro atoms. The summed E-state index contributed by atoms with van der Waals surface area (Å²) in [7, 11) is 0. The molecule has 0 saturated heterocycles. The minimum absolute atomic E-state index is 0.285. The Morgan fingerprint density at radius 3 is 2.00 bits per heavy atom. The van der Waals surface area contributed by atoms with E-state index in [0.717, 1.165) is 19.3 Å². The molecule has 0 unspecified atom stereocenters. The van der Waals surface area contributed by atoms with Crippen LogP contribution in [0, 0.1) is 0 Å². The van der Waals surface area contributed by atoms with E-state index in [0.29, 0.717) is 12.8 Å². The van der Waals surface area contributed by atoms with E-state index < -0.39 is 5.67 Å². The summed E-state index contributed by atoms with van der Waals surface area (Å²) in [5.74, 6) is -0.285. The molecule has 1 fully saturated rings. The zero-order chi connectivity index (χ0) is 10.3. The fourth-order valence-corrected chi connectivity index (χ4v) is 1.46. The molecule has 0 amide bonds. The lowest BCUT2D eigenvalue weighted by molar-refractivity contribution is -0.130.